The molecule has 0 saturated heterocycles. The van der Waals surface area contributed by atoms with Crippen molar-refractivity contribution in [1.82, 2.24) is 58.8 Å². The van der Waals surface area contributed by atoms with Crippen molar-refractivity contribution >= 4 is 51.5 Å². The fourth-order valence-corrected chi connectivity index (χ4v) is 5.94. The van der Waals surface area contributed by atoms with Gasteiger partial charge in [0.15, 0.2) is 22.3 Å². The molecule has 8 heterocycles. The van der Waals surface area contributed by atoms with Gasteiger partial charge >= 0.3 is 0 Å². The van der Waals surface area contributed by atoms with Crippen LogP contribution in [0.4, 0.5) is 5.95 Å². The Morgan fingerprint density at radius 3 is 1.96 bits per heavy atom. The zero-order valence-electron chi connectivity index (χ0n) is 25.2. The highest BCUT2D eigenvalue weighted by Crippen LogP contribution is 2.35. The highest BCUT2D eigenvalue weighted by molar-refractivity contribution is 6.35. The topological polar surface area (TPSA) is 175 Å². The van der Waals surface area contributed by atoms with Gasteiger partial charge in [0, 0.05) is 44.3 Å². The lowest BCUT2D eigenvalue weighted by Gasteiger charge is -2.30. The van der Waals surface area contributed by atoms with Crippen LogP contribution in [0, 0.1) is 0 Å². The molecule has 17 heteroatoms. The van der Waals surface area contributed by atoms with E-state index in [9.17, 15) is 0 Å². The number of nitrogen functional groups attached to an aromatic ring is 1. The molecule has 232 valence electrons. The predicted octanol–water partition coefficient (Wildman–Crippen LogP) is 3.93. The molecular formula is C28H29Cl2N13O2. The van der Waals surface area contributed by atoms with Crippen molar-refractivity contribution in [3.8, 4) is 22.6 Å². The lowest BCUT2D eigenvalue weighted by Crippen LogP contribution is -2.33. The van der Waals surface area contributed by atoms with Crippen LogP contribution in [0.25, 0.3) is 45.0 Å². The summed E-state index contributed by atoms with van der Waals surface area (Å²) in [6, 6.07) is 0. The highest BCUT2D eigenvalue weighted by atomic mass is 35.5. The summed E-state index contributed by atoms with van der Waals surface area (Å²) in [6.07, 6.45) is 6.92. The molecule has 2 N–H and O–H groups in total. The fourth-order valence-electron chi connectivity index (χ4n) is 5.53. The number of aryl methyl sites for hydroxylation is 1. The van der Waals surface area contributed by atoms with Gasteiger partial charge in [-0.25, -0.2) is 34.9 Å². The third-order valence-corrected chi connectivity index (χ3v) is 8.09. The Morgan fingerprint density at radius 2 is 1.36 bits per heavy atom. The smallest absolute Gasteiger partial charge is 0.225 e. The normalized spacial score (nSPS) is 16.7. The number of anilines is 1. The summed E-state index contributed by atoms with van der Waals surface area (Å²) in [6.45, 7) is 10.5. The monoisotopic (exact) mass is 649 g/mol. The lowest BCUT2D eigenvalue weighted by molar-refractivity contribution is -0.0532. The standard InChI is InChI=1S/C18H19N9O.C10H10Cl2N4O/c1-18(2)16-24-13-12(11-8-22-26(3)9-11)23-14(10-6-20-17(19)21-7-10)25-15(13)27(16)4-5-28-18;1-10(2)8-13-5-6(11)14-9(12)15-7(5)16(8)3-4-17-10/h6-9H,4-5H2,1-3H3,(H2,19,20,21);3-4H2,1-2H3. The van der Waals surface area contributed by atoms with Gasteiger partial charge in [-0.15, -0.1) is 0 Å². The van der Waals surface area contributed by atoms with E-state index in [1.807, 2.05) is 45.5 Å². The second-order valence-electron chi connectivity index (χ2n) is 11.6. The Hall–Kier alpha value is -4.31. The van der Waals surface area contributed by atoms with Crippen LogP contribution in [0.5, 0.6) is 0 Å². The summed E-state index contributed by atoms with van der Waals surface area (Å²) in [5, 5.41) is 4.69. The van der Waals surface area contributed by atoms with Crippen molar-refractivity contribution in [2.75, 3.05) is 18.9 Å². The zero-order valence-corrected chi connectivity index (χ0v) is 26.7. The number of nitrogens with two attached hydrogens (primary N) is 1. The number of ether oxygens (including phenoxy) is 2. The minimum atomic E-state index is -0.504. The number of hydrogen-bond donors (Lipinski definition) is 1. The molecule has 0 spiro atoms. The van der Waals surface area contributed by atoms with E-state index >= 15 is 0 Å². The van der Waals surface area contributed by atoms with E-state index in [-0.39, 0.29) is 16.4 Å². The van der Waals surface area contributed by atoms with E-state index in [1.54, 1.807) is 23.3 Å². The van der Waals surface area contributed by atoms with Crippen molar-refractivity contribution in [2.45, 2.75) is 52.0 Å². The molecule has 0 unspecified atom stereocenters. The zero-order chi connectivity index (χ0) is 31.7. The van der Waals surface area contributed by atoms with Crippen molar-refractivity contribution in [3.05, 3.63) is 46.9 Å². The van der Waals surface area contributed by atoms with E-state index in [4.69, 9.17) is 53.4 Å². The number of imidazole rings is 2. The van der Waals surface area contributed by atoms with E-state index < -0.39 is 11.2 Å². The molecule has 2 aliphatic rings. The second-order valence-corrected chi connectivity index (χ2v) is 12.3. The van der Waals surface area contributed by atoms with Gasteiger partial charge in [0.25, 0.3) is 0 Å². The Balaban J connectivity index is 0.000000163. The molecule has 0 radical (unpaired) electrons. The molecule has 0 aromatic carbocycles. The SMILES string of the molecule is CC1(C)OCCn2c1nc1c(Cl)nc(Cl)nc12.Cn1cc(-c2nc(-c3cnc(N)nc3)nc3c2nc2n3CCOC2(C)C)cn1. The van der Waals surface area contributed by atoms with Crippen molar-refractivity contribution in [1.29, 1.82) is 0 Å². The number of aromatic nitrogens is 12. The number of hydrogen-bond acceptors (Lipinski definition) is 12. The van der Waals surface area contributed by atoms with Gasteiger partial charge in [0.05, 0.1) is 25.0 Å². The van der Waals surface area contributed by atoms with Crippen molar-refractivity contribution < 1.29 is 9.47 Å². The third-order valence-electron chi connectivity index (χ3n) is 7.66. The fraction of sp³-hybridized carbons (Fsp3) is 0.393. The maximum Gasteiger partial charge on any atom is 0.225 e. The van der Waals surface area contributed by atoms with Crippen LogP contribution in [0.1, 0.15) is 39.3 Å². The lowest BCUT2D eigenvalue weighted by atomic mass is 10.1. The minimum absolute atomic E-state index is 0.134. The molecule has 0 aliphatic carbocycles. The number of fused-ring (bicyclic) bond motifs is 6. The maximum absolute atomic E-state index is 6.02. The molecule has 15 nitrogen and oxygen atoms in total. The van der Waals surface area contributed by atoms with Crippen LogP contribution in [0.15, 0.2) is 24.8 Å². The van der Waals surface area contributed by atoms with E-state index in [1.165, 1.54) is 0 Å². The summed E-state index contributed by atoms with van der Waals surface area (Å²) in [4.78, 5) is 35.1. The van der Waals surface area contributed by atoms with Crippen LogP contribution >= 0.6 is 23.2 Å². The summed E-state index contributed by atoms with van der Waals surface area (Å²) >= 11 is 11.8. The number of halogens is 2. The van der Waals surface area contributed by atoms with Crippen LogP contribution < -0.4 is 5.73 Å². The maximum atomic E-state index is 6.02. The van der Waals surface area contributed by atoms with Gasteiger partial charge in [-0.1, -0.05) is 11.6 Å². The number of nitrogens with zero attached hydrogens (tertiary/aromatic N) is 12. The van der Waals surface area contributed by atoms with Crippen LogP contribution in [0.3, 0.4) is 0 Å². The second kappa shape index (κ2) is 10.7. The molecular weight excluding hydrogens is 621 g/mol. The molecule has 0 amide bonds. The van der Waals surface area contributed by atoms with Crippen LogP contribution in [0.2, 0.25) is 10.4 Å². The van der Waals surface area contributed by atoms with Gasteiger partial charge in [-0.3, -0.25) is 4.68 Å². The molecule has 6 aromatic heterocycles. The average molecular weight is 651 g/mol. The average Bonchev–Trinajstić information content (AvgIpc) is 3.70. The Morgan fingerprint density at radius 1 is 0.756 bits per heavy atom. The Labute approximate surface area is 266 Å². The third kappa shape index (κ3) is 5.14. The largest absolute Gasteiger partial charge is 0.368 e. The molecule has 0 atom stereocenters. The van der Waals surface area contributed by atoms with E-state index in [0.717, 1.165) is 28.4 Å². The van der Waals surface area contributed by atoms with Gasteiger partial charge in [0.2, 0.25) is 11.2 Å². The van der Waals surface area contributed by atoms with Gasteiger partial charge in [-0.2, -0.15) is 10.1 Å². The van der Waals surface area contributed by atoms with Crippen LogP contribution in [-0.4, -0.2) is 72.0 Å². The molecule has 8 rings (SSSR count). The summed E-state index contributed by atoms with van der Waals surface area (Å²) in [5.74, 6) is 2.35. The van der Waals surface area contributed by atoms with Gasteiger partial charge in [0.1, 0.15) is 39.6 Å². The predicted molar refractivity (Wildman–Crippen MR) is 166 cm³/mol. The first kappa shape index (κ1) is 29.4. The molecule has 0 saturated carbocycles. The Kier molecular flexibility index (Phi) is 6.96. The quantitative estimate of drug-likeness (QED) is 0.212. The first-order chi connectivity index (χ1) is 21.4. The highest BCUT2D eigenvalue weighted by Gasteiger charge is 2.35. The van der Waals surface area contributed by atoms with E-state index in [2.05, 4.69) is 34.6 Å². The minimum Gasteiger partial charge on any atom is -0.368 e. The molecule has 0 fully saturated rings. The summed E-state index contributed by atoms with van der Waals surface area (Å²) < 4.78 is 17.4. The van der Waals surface area contributed by atoms with E-state index in [0.29, 0.717) is 54.5 Å². The van der Waals surface area contributed by atoms with Crippen LogP contribution in [-0.2, 0) is 40.8 Å². The van der Waals surface area contributed by atoms with Gasteiger partial charge < -0.3 is 24.3 Å². The van der Waals surface area contributed by atoms with Crippen molar-refractivity contribution in [3.63, 3.8) is 0 Å². The first-order valence-electron chi connectivity index (χ1n) is 14.1. The van der Waals surface area contributed by atoms with Gasteiger partial charge in [-0.05, 0) is 39.3 Å². The summed E-state index contributed by atoms with van der Waals surface area (Å²) in [5.41, 5.74) is 9.65. The molecule has 0 bridgehead atoms. The molecule has 2 aliphatic heterocycles. The first-order valence-corrected chi connectivity index (χ1v) is 14.9. The molecule has 45 heavy (non-hydrogen) atoms. The molecule has 6 aromatic rings. The number of rotatable bonds is 2. The summed E-state index contributed by atoms with van der Waals surface area (Å²) in [7, 11) is 1.87. The van der Waals surface area contributed by atoms with Crippen molar-refractivity contribution in [2.24, 2.45) is 7.05 Å². The Bertz CT molecular complexity index is 2080.